The van der Waals surface area contributed by atoms with Crippen LogP contribution >= 0.6 is 11.6 Å². The second-order valence-corrected chi connectivity index (χ2v) is 5.27. The van der Waals surface area contributed by atoms with E-state index in [1.165, 1.54) is 5.56 Å². The number of halogens is 1. The minimum Gasteiger partial charge on any atom is -0.329 e. The van der Waals surface area contributed by atoms with E-state index in [1.54, 1.807) is 0 Å². The summed E-state index contributed by atoms with van der Waals surface area (Å²) in [5.41, 5.74) is 8.30. The average Bonchev–Trinajstić information content (AvgIpc) is 2.49. The summed E-state index contributed by atoms with van der Waals surface area (Å²) in [7, 11) is 2.09. The Labute approximate surface area is 125 Å². The van der Waals surface area contributed by atoms with Gasteiger partial charge in [-0.2, -0.15) is 0 Å². The van der Waals surface area contributed by atoms with Gasteiger partial charge in [0.15, 0.2) is 0 Å². The van der Waals surface area contributed by atoms with E-state index >= 15 is 0 Å². The molecule has 1 atom stereocenters. The highest BCUT2D eigenvalue weighted by atomic mass is 35.5. The normalized spacial score (nSPS) is 12.6. The Balaban J connectivity index is 2.03. The number of hydrogen-bond donors (Lipinski definition) is 1. The molecule has 0 bridgehead atoms. The third-order valence-corrected chi connectivity index (χ3v) is 3.87. The molecule has 106 valence electrons. The van der Waals surface area contributed by atoms with Gasteiger partial charge in [0.05, 0.1) is 0 Å². The van der Waals surface area contributed by atoms with Crippen molar-refractivity contribution >= 4 is 11.6 Å². The van der Waals surface area contributed by atoms with Crippen LogP contribution in [0.4, 0.5) is 0 Å². The zero-order chi connectivity index (χ0) is 14.4. The molecule has 1 aromatic carbocycles. The maximum absolute atomic E-state index is 6.27. The van der Waals surface area contributed by atoms with Gasteiger partial charge in [-0.05, 0) is 42.8 Å². The monoisotopic (exact) mass is 289 g/mol. The lowest BCUT2D eigenvalue weighted by Crippen LogP contribution is -2.32. The van der Waals surface area contributed by atoms with Crippen molar-refractivity contribution in [1.82, 2.24) is 9.88 Å². The van der Waals surface area contributed by atoms with Gasteiger partial charge in [-0.25, -0.2) is 0 Å². The Hall–Kier alpha value is -1.42. The molecular weight excluding hydrogens is 270 g/mol. The lowest BCUT2D eigenvalue weighted by molar-refractivity contribution is 0.253. The van der Waals surface area contributed by atoms with E-state index < -0.39 is 0 Å². The lowest BCUT2D eigenvalue weighted by atomic mass is 10.0. The first-order valence-corrected chi connectivity index (χ1v) is 7.14. The Morgan fingerprint density at radius 1 is 1.20 bits per heavy atom. The summed E-state index contributed by atoms with van der Waals surface area (Å²) in [6, 6.07) is 12.1. The summed E-state index contributed by atoms with van der Waals surface area (Å²) in [5, 5.41) is 0.777. The van der Waals surface area contributed by atoms with Gasteiger partial charge in [0, 0.05) is 36.5 Å². The van der Waals surface area contributed by atoms with E-state index in [-0.39, 0.29) is 6.04 Å². The number of pyridine rings is 1. The molecule has 1 aromatic heterocycles. The van der Waals surface area contributed by atoms with Gasteiger partial charge in [-0.15, -0.1) is 0 Å². The van der Waals surface area contributed by atoms with Crippen LogP contribution in [0, 0.1) is 0 Å². The van der Waals surface area contributed by atoms with Crippen molar-refractivity contribution in [2.24, 2.45) is 5.73 Å². The van der Waals surface area contributed by atoms with E-state index in [1.807, 2.05) is 48.8 Å². The highest BCUT2D eigenvalue weighted by Gasteiger charge is 2.17. The van der Waals surface area contributed by atoms with Crippen LogP contribution in [0.15, 0.2) is 48.8 Å². The molecule has 0 fully saturated rings. The SMILES string of the molecule is CN(CCc1ccncc1)C(CN)c1ccccc1Cl. The van der Waals surface area contributed by atoms with Crippen LogP contribution in [-0.4, -0.2) is 30.0 Å². The van der Waals surface area contributed by atoms with Gasteiger partial charge >= 0.3 is 0 Å². The van der Waals surface area contributed by atoms with Crippen molar-refractivity contribution in [1.29, 1.82) is 0 Å². The van der Waals surface area contributed by atoms with Gasteiger partial charge in [-0.3, -0.25) is 9.88 Å². The highest BCUT2D eigenvalue weighted by molar-refractivity contribution is 6.31. The van der Waals surface area contributed by atoms with Crippen molar-refractivity contribution < 1.29 is 0 Å². The summed E-state index contributed by atoms with van der Waals surface area (Å²) in [6.07, 6.45) is 4.62. The molecule has 0 saturated carbocycles. The molecule has 1 unspecified atom stereocenters. The summed E-state index contributed by atoms with van der Waals surface area (Å²) in [6.45, 7) is 1.48. The smallest absolute Gasteiger partial charge is 0.0482 e. The Kier molecular flexibility index (Phi) is 5.53. The largest absolute Gasteiger partial charge is 0.329 e. The molecule has 0 aliphatic carbocycles. The van der Waals surface area contributed by atoms with Crippen LogP contribution < -0.4 is 5.73 Å². The molecule has 3 nitrogen and oxygen atoms in total. The lowest BCUT2D eigenvalue weighted by Gasteiger charge is -2.28. The van der Waals surface area contributed by atoms with Gasteiger partial charge in [-0.1, -0.05) is 29.8 Å². The standard InChI is InChI=1S/C16H20ClN3/c1-20(11-8-13-6-9-19-10-7-13)16(12-18)14-4-2-3-5-15(14)17/h2-7,9-10,16H,8,11-12,18H2,1H3. The first kappa shape index (κ1) is 15.0. The molecule has 0 aliphatic rings. The van der Waals surface area contributed by atoms with Crippen LogP contribution in [0.1, 0.15) is 17.2 Å². The molecule has 2 rings (SSSR count). The third-order valence-electron chi connectivity index (χ3n) is 3.52. The van der Waals surface area contributed by atoms with Gasteiger partial charge in [0.25, 0.3) is 0 Å². The van der Waals surface area contributed by atoms with Crippen LogP contribution in [0.25, 0.3) is 0 Å². The van der Waals surface area contributed by atoms with Gasteiger partial charge in [0.2, 0.25) is 0 Å². The maximum atomic E-state index is 6.27. The van der Waals surface area contributed by atoms with Crippen molar-refractivity contribution in [3.63, 3.8) is 0 Å². The van der Waals surface area contributed by atoms with Crippen molar-refractivity contribution in [3.05, 3.63) is 64.9 Å². The number of nitrogens with two attached hydrogens (primary N) is 1. The molecule has 4 heteroatoms. The zero-order valence-corrected chi connectivity index (χ0v) is 12.4. The zero-order valence-electron chi connectivity index (χ0n) is 11.7. The van der Waals surface area contributed by atoms with Crippen LogP contribution in [0.2, 0.25) is 5.02 Å². The van der Waals surface area contributed by atoms with Gasteiger partial charge in [0.1, 0.15) is 0 Å². The molecular formula is C16H20ClN3. The maximum Gasteiger partial charge on any atom is 0.0482 e. The second kappa shape index (κ2) is 7.39. The molecule has 20 heavy (non-hydrogen) atoms. The van der Waals surface area contributed by atoms with Crippen LogP contribution in [0.5, 0.6) is 0 Å². The topological polar surface area (TPSA) is 42.2 Å². The molecule has 1 heterocycles. The van der Waals surface area contributed by atoms with E-state index in [2.05, 4.69) is 16.9 Å². The summed E-state index contributed by atoms with van der Waals surface area (Å²) in [5.74, 6) is 0. The Morgan fingerprint density at radius 3 is 2.55 bits per heavy atom. The predicted octanol–water partition coefficient (Wildman–Crippen LogP) is 2.91. The number of benzene rings is 1. The van der Waals surface area contributed by atoms with E-state index in [4.69, 9.17) is 17.3 Å². The number of rotatable bonds is 6. The fourth-order valence-corrected chi connectivity index (χ4v) is 2.56. The first-order valence-electron chi connectivity index (χ1n) is 6.76. The molecule has 2 N–H and O–H groups in total. The molecule has 0 spiro atoms. The number of aromatic nitrogens is 1. The molecule has 0 amide bonds. The minimum atomic E-state index is 0.144. The second-order valence-electron chi connectivity index (χ2n) is 4.86. The first-order chi connectivity index (χ1) is 9.72. The number of hydrogen-bond acceptors (Lipinski definition) is 3. The number of nitrogens with zero attached hydrogens (tertiary/aromatic N) is 2. The van der Waals surface area contributed by atoms with E-state index in [0.717, 1.165) is 23.6 Å². The molecule has 0 saturated heterocycles. The quantitative estimate of drug-likeness (QED) is 0.889. The summed E-state index contributed by atoms with van der Waals surface area (Å²) in [4.78, 5) is 6.28. The van der Waals surface area contributed by atoms with Crippen LogP contribution in [-0.2, 0) is 6.42 Å². The van der Waals surface area contributed by atoms with E-state index in [9.17, 15) is 0 Å². The van der Waals surface area contributed by atoms with Crippen molar-refractivity contribution in [3.8, 4) is 0 Å². The fraction of sp³-hybridized carbons (Fsp3) is 0.312. The third kappa shape index (κ3) is 3.79. The van der Waals surface area contributed by atoms with Crippen LogP contribution in [0.3, 0.4) is 0 Å². The number of likely N-dealkylation sites (N-methyl/N-ethyl adjacent to an activating group) is 1. The predicted molar refractivity (Wildman–Crippen MR) is 83.8 cm³/mol. The average molecular weight is 290 g/mol. The Bertz CT molecular complexity index is 530. The molecule has 0 radical (unpaired) electrons. The van der Waals surface area contributed by atoms with Crippen molar-refractivity contribution in [2.75, 3.05) is 20.1 Å². The molecule has 2 aromatic rings. The summed E-state index contributed by atoms with van der Waals surface area (Å²) >= 11 is 6.27. The fourth-order valence-electron chi connectivity index (χ4n) is 2.30. The van der Waals surface area contributed by atoms with Crippen molar-refractivity contribution in [2.45, 2.75) is 12.5 Å². The molecule has 0 aliphatic heterocycles. The van der Waals surface area contributed by atoms with Gasteiger partial charge < -0.3 is 5.73 Å². The van der Waals surface area contributed by atoms with E-state index in [0.29, 0.717) is 6.54 Å². The minimum absolute atomic E-state index is 0.144. The highest BCUT2D eigenvalue weighted by Crippen LogP contribution is 2.25. The summed E-state index contributed by atoms with van der Waals surface area (Å²) < 4.78 is 0. The Morgan fingerprint density at radius 2 is 1.90 bits per heavy atom.